The van der Waals surface area contributed by atoms with Crippen LogP contribution in [0.2, 0.25) is 0 Å². The van der Waals surface area contributed by atoms with Crippen LogP contribution in [0.3, 0.4) is 0 Å². The lowest BCUT2D eigenvalue weighted by molar-refractivity contribution is -0.126. The van der Waals surface area contributed by atoms with Crippen LogP contribution >= 0.6 is 15.9 Å². The average Bonchev–Trinajstić information content (AvgIpc) is 3.31. The third kappa shape index (κ3) is 3.30. The lowest BCUT2D eigenvalue weighted by Crippen LogP contribution is -2.37. The van der Waals surface area contributed by atoms with E-state index in [0.717, 1.165) is 21.5 Å². The second kappa shape index (κ2) is 7.83. The van der Waals surface area contributed by atoms with Crippen molar-refractivity contribution in [2.24, 2.45) is 5.92 Å². The molecule has 0 N–H and O–H groups in total. The van der Waals surface area contributed by atoms with Gasteiger partial charge in [-0.15, -0.1) is 0 Å². The fourth-order valence-electron chi connectivity index (χ4n) is 4.20. The minimum Gasteiger partial charge on any atom is -0.497 e. The molecule has 156 valence electrons. The van der Waals surface area contributed by atoms with Gasteiger partial charge in [0.15, 0.2) is 6.10 Å². The number of hydroxylamine groups is 1. The summed E-state index contributed by atoms with van der Waals surface area (Å²) in [6.07, 6.45) is -0.886. The van der Waals surface area contributed by atoms with Gasteiger partial charge in [-0.05, 0) is 54.1 Å². The molecule has 6 nitrogen and oxygen atoms in total. The van der Waals surface area contributed by atoms with Gasteiger partial charge in [-0.1, -0.05) is 46.3 Å². The second-order valence-electron chi connectivity index (χ2n) is 7.42. The number of benzene rings is 3. The van der Waals surface area contributed by atoms with E-state index in [9.17, 15) is 9.59 Å². The number of imide groups is 1. The van der Waals surface area contributed by atoms with Crippen molar-refractivity contribution < 1.29 is 19.2 Å². The largest absolute Gasteiger partial charge is 0.497 e. The van der Waals surface area contributed by atoms with Crippen LogP contribution in [0.5, 0.6) is 5.75 Å². The maximum Gasteiger partial charge on any atom is 0.266 e. The molecular formula is C24H19BrN2O4. The first-order valence-corrected chi connectivity index (χ1v) is 10.7. The molecule has 2 aliphatic rings. The molecule has 0 radical (unpaired) electrons. The number of fused-ring (bicyclic) bond motifs is 1. The minimum atomic E-state index is -0.886. The van der Waals surface area contributed by atoms with E-state index >= 15 is 0 Å². The van der Waals surface area contributed by atoms with Crippen LogP contribution in [0.4, 0.5) is 11.4 Å². The Morgan fingerprint density at radius 3 is 2.16 bits per heavy atom. The number of ether oxygens (including phenoxy) is 1. The Hall–Kier alpha value is -3.16. The Morgan fingerprint density at radius 2 is 1.52 bits per heavy atom. The van der Waals surface area contributed by atoms with Crippen LogP contribution in [0, 0.1) is 5.92 Å². The van der Waals surface area contributed by atoms with Gasteiger partial charge in [0.05, 0.1) is 24.5 Å². The Morgan fingerprint density at radius 1 is 0.839 bits per heavy atom. The van der Waals surface area contributed by atoms with Gasteiger partial charge in [0, 0.05) is 4.47 Å². The van der Waals surface area contributed by atoms with Gasteiger partial charge in [0.25, 0.3) is 5.91 Å². The highest BCUT2D eigenvalue weighted by Crippen LogP contribution is 2.47. The fourth-order valence-corrected chi connectivity index (χ4v) is 4.46. The zero-order chi connectivity index (χ0) is 21.5. The van der Waals surface area contributed by atoms with E-state index in [0.29, 0.717) is 5.69 Å². The molecule has 3 aromatic rings. The monoisotopic (exact) mass is 478 g/mol. The van der Waals surface area contributed by atoms with Gasteiger partial charge in [-0.25, -0.2) is 9.96 Å². The van der Waals surface area contributed by atoms with Gasteiger partial charge in [-0.3, -0.25) is 14.4 Å². The van der Waals surface area contributed by atoms with Crippen LogP contribution in [-0.2, 0) is 14.4 Å². The first-order valence-electron chi connectivity index (χ1n) is 9.87. The van der Waals surface area contributed by atoms with E-state index < -0.39 is 18.1 Å². The average molecular weight is 479 g/mol. The molecule has 0 bridgehead atoms. The van der Waals surface area contributed by atoms with Crippen molar-refractivity contribution in [3.8, 4) is 5.75 Å². The van der Waals surface area contributed by atoms with Gasteiger partial charge in [0.2, 0.25) is 5.91 Å². The maximum atomic E-state index is 13.5. The predicted octanol–water partition coefficient (Wildman–Crippen LogP) is 4.51. The SMILES string of the molecule is COc1ccc([C@@H]2[C@@H]3C(=O)N(c4ccc(Br)cc4)C(=O)[C@H]3ON2c2ccccc2)cc1. The molecular weight excluding hydrogens is 460 g/mol. The highest BCUT2D eigenvalue weighted by atomic mass is 79.9. The van der Waals surface area contributed by atoms with Crippen molar-refractivity contribution in [2.75, 3.05) is 17.1 Å². The Bertz CT molecular complexity index is 1120. The molecule has 0 unspecified atom stereocenters. The van der Waals surface area contributed by atoms with Crippen molar-refractivity contribution in [1.29, 1.82) is 0 Å². The maximum absolute atomic E-state index is 13.5. The topological polar surface area (TPSA) is 59.1 Å². The molecule has 3 atom stereocenters. The molecule has 0 aromatic heterocycles. The number of nitrogens with zero attached hydrogens (tertiary/aromatic N) is 2. The molecule has 0 spiro atoms. The predicted molar refractivity (Wildman–Crippen MR) is 120 cm³/mol. The van der Waals surface area contributed by atoms with Crippen LogP contribution in [0.25, 0.3) is 0 Å². The van der Waals surface area contributed by atoms with E-state index in [1.807, 2.05) is 66.7 Å². The molecule has 7 heteroatoms. The summed E-state index contributed by atoms with van der Waals surface area (Å²) in [4.78, 5) is 34.2. The lowest BCUT2D eigenvalue weighted by Gasteiger charge is -2.28. The number of carbonyl (C=O) groups excluding carboxylic acids is 2. The fraction of sp³-hybridized carbons (Fsp3) is 0.167. The van der Waals surface area contributed by atoms with E-state index in [2.05, 4.69) is 15.9 Å². The molecule has 3 aromatic carbocycles. The summed E-state index contributed by atoms with van der Waals surface area (Å²) < 4.78 is 6.15. The number of rotatable bonds is 4. The zero-order valence-corrected chi connectivity index (χ0v) is 18.2. The second-order valence-corrected chi connectivity index (χ2v) is 8.34. The number of halogens is 1. The number of para-hydroxylation sites is 1. The van der Waals surface area contributed by atoms with Crippen LogP contribution in [-0.4, -0.2) is 25.0 Å². The zero-order valence-electron chi connectivity index (χ0n) is 16.6. The number of carbonyl (C=O) groups is 2. The molecule has 0 saturated carbocycles. The molecule has 2 heterocycles. The number of amides is 2. The van der Waals surface area contributed by atoms with Crippen molar-refractivity contribution in [1.82, 2.24) is 0 Å². The summed E-state index contributed by atoms with van der Waals surface area (Å²) in [5.41, 5.74) is 2.19. The Labute approximate surface area is 188 Å². The van der Waals surface area contributed by atoms with Crippen molar-refractivity contribution in [2.45, 2.75) is 12.1 Å². The van der Waals surface area contributed by atoms with Crippen molar-refractivity contribution in [3.05, 3.63) is 88.9 Å². The van der Waals surface area contributed by atoms with Crippen LogP contribution in [0.1, 0.15) is 11.6 Å². The summed E-state index contributed by atoms with van der Waals surface area (Å²) in [5, 5.41) is 1.69. The smallest absolute Gasteiger partial charge is 0.266 e. The van der Waals surface area contributed by atoms with Crippen molar-refractivity contribution >= 4 is 39.1 Å². The first kappa shape index (κ1) is 19.8. The molecule has 5 rings (SSSR count). The number of methoxy groups -OCH3 is 1. The van der Waals surface area contributed by atoms with E-state index in [1.54, 1.807) is 24.3 Å². The van der Waals surface area contributed by atoms with Crippen molar-refractivity contribution in [3.63, 3.8) is 0 Å². The first-order chi connectivity index (χ1) is 15.1. The van der Waals surface area contributed by atoms with Crippen LogP contribution in [0.15, 0.2) is 83.3 Å². The lowest BCUT2D eigenvalue weighted by atomic mass is 9.90. The summed E-state index contributed by atoms with van der Waals surface area (Å²) in [6.45, 7) is 0. The Kier molecular flexibility index (Phi) is 5.00. The summed E-state index contributed by atoms with van der Waals surface area (Å²) in [5.74, 6) is -0.564. The Balaban J connectivity index is 1.57. The van der Waals surface area contributed by atoms with E-state index in [4.69, 9.17) is 9.57 Å². The highest BCUT2D eigenvalue weighted by Gasteiger charge is 2.60. The number of hydrogen-bond acceptors (Lipinski definition) is 5. The molecule has 2 aliphatic heterocycles. The molecule has 2 fully saturated rings. The molecule has 2 amide bonds. The quantitative estimate of drug-likeness (QED) is 0.516. The van der Waals surface area contributed by atoms with Gasteiger partial charge in [0.1, 0.15) is 11.7 Å². The highest BCUT2D eigenvalue weighted by molar-refractivity contribution is 9.10. The summed E-state index contributed by atoms with van der Waals surface area (Å²) in [7, 11) is 1.61. The van der Waals surface area contributed by atoms with Gasteiger partial charge >= 0.3 is 0 Å². The van der Waals surface area contributed by atoms with Gasteiger partial charge in [-0.2, -0.15) is 0 Å². The van der Waals surface area contributed by atoms with Crippen LogP contribution < -0.4 is 14.7 Å². The minimum absolute atomic E-state index is 0.267. The third-order valence-corrected chi connectivity index (χ3v) is 6.20. The molecule has 31 heavy (non-hydrogen) atoms. The number of anilines is 2. The third-order valence-electron chi connectivity index (χ3n) is 5.67. The van der Waals surface area contributed by atoms with Gasteiger partial charge < -0.3 is 4.74 Å². The summed E-state index contributed by atoms with van der Waals surface area (Å²) in [6, 6.07) is 23.7. The molecule has 2 saturated heterocycles. The standard InChI is InChI=1S/C24H19BrN2O4/c1-30-19-13-7-15(8-14-19)21-20-22(31-27(21)18-5-3-2-4-6-18)24(29)26(23(20)28)17-11-9-16(25)10-12-17/h2-14,20-22H,1H3/t20-,21+,22-/m0/s1. The molecule has 0 aliphatic carbocycles. The van der Waals surface area contributed by atoms with E-state index in [1.165, 1.54) is 4.90 Å². The normalized spacial score (nSPS) is 22.7. The number of hydrogen-bond donors (Lipinski definition) is 0. The summed E-state index contributed by atoms with van der Waals surface area (Å²) >= 11 is 3.39. The van der Waals surface area contributed by atoms with E-state index in [-0.39, 0.29) is 11.8 Å².